The van der Waals surface area contributed by atoms with Gasteiger partial charge in [0.25, 0.3) is 5.91 Å². The highest BCUT2D eigenvalue weighted by atomic mass is 35.5. The first-order valence-electron chi connectivity index (χ1n) is 7.56. The minimum Gasteiger partial charge on any atom is -0.448 e. The van der Waals surface area contributed by atoms with E-state index in [1.807, 2.05) is 0 Å². The Hall–Kier alpha value is -2.28. The van der Waals surface area contributed by atoms with E-state index in [0.717, 1.165) is 0 Å². The van der Waals surface area contributed by atoms with E-state index in [4.69, 9.17) is 21.1 Å². The van der Waals surface area contributed by atoms with Crippen LogP contribution in [0.3, 0.4) is 0 Å². The van der Waals surface area contributed by atoms with Gasteiger partial charge < -0.3 is 19.3 Å². The Morgan fingerprint density at radius 3 is 2.42 bits per heavy atom. The van der Waals surface area contributed by atoms with Gasteiger partial charge >= 0.3 is 12.1 Å². The molecule has 2 amide bonds. The van der Waals surface area contributed by atoms with E-state index in [1.165, 1.54) is 13.0 Å². The van der Waals surface area contributed by atoms with Gasteiger partial charge in [0.1, 0.15) is 12.4 Å². The standard InChI is InChI=1S/C16H19ClN2O5/c1-12(20)24-14-4-2-3-13(11-14)15(21)18-6-8-19(9-7-18)16(22)23-10-5-17/h2-4,11H,5-10H2,1H3. The molecule has 0 aromatic heterocycles. The first kappa shape index (κ1) is 18.1. The largest absolute Gasteiger partial charge is 0.448 e. The van der Waals surface area contributed by atoms with Crippen molar-refractivity contribution in [3.63, 3.8) is 0 Å². The molecule has 1 aromatic carbocycles. The monoisotopic (exact) mass is 354 g/mol. The minimum absolute atomic E-state index is 0.169. The molecule has 8 heteroatoms. The maximum absolute atomic E-state index is 12.5. The van der Waals surface area contributed by atoms with E-state index < -0.39 is 12.1 Å². The molecule has 130 valence electrons. The van der Waals surface area contributed by atoms with Crippen LogP contribution in [-0.2, 0) is 9.53 Å². The van der Waals surface area contributed by atoms with Gasteiger partial charge in [0, 0.05) is 38.7 Å². The number of carbonyl (C=O) groups is 3. The van der Waals surface area contributed by atoms with Crippen molar-refractivity contribution < 1.29 is 23.9 Å². The molecule has 0 saturated carbocycles. The third-order valence-electron chi connectivity index (χ3n) is 3.47. The summed E-state index contributed by atoms with van der Waals surface area (Å²) in [4.78, 5) is 38.5. The van der Waals surface area contributed by atoms with Gasteiger partial charge in [-0.1, -0.05) is 6.07 Å². The molecule has 7 nitrogen and oxygen atoms in total. The molecule has 0 N–H and O–H groups in total. The Morgan fingerprint density at radius 2 is 1.79 bits per heavy atom. The topological polar surface area (TPSA) is 76.2 Å². The first-order chi connectivity index (χ1) is 11.5. The second kappa shape index (κ2) is 8.54. The average molecular weight is 355 g/mol. The Kier molecular flexibility index (Phi) is 6.43. The molecule has 1 aliphatic heterocycles. The third-order valence-corrected chi connectivity index (χ3v) is 3.62. The summed E-state index contributed by atoms with van der Waals surface area (Å²) in [7, 11) is 0. The second-order valence-corrected chi connectivity index (χ2v) is 5.58. The molecule has 1 aromatic rings. The summed E-state index contributed by atoms with van der Waals surface area (Å²) >= 11 is 5.48. The normalized spacial score (nSPS) is 14.2. The summed E-state index contributed by atoms with van der Waals surface area (Å²) < 4.78 is 9.96. The molecule has 24 heavy (non-hydrogen) atoms. The van der Waals surface area contributed by atoms with Gasteiger partial charge in [0.05, 0.1) is 5.88 Å². The number of amides is 2. The van der Waals surface area contributed by atoms with Crippen LogP contribution in [-0.4, -0.2) is 66.4 Å². The van der Waals surface area contributed by atoms with E-state index in [9.17, 15) is 14.4 Å². The van der Waals surface area contributed by atoms with Crippen molar-refractivity contribution in [1.82, 2.24) is 9.80 Å². The highest BCUT2D eigenvalue weighted by Crippen LogP contribution is 2.16. The molecular weight excluding hydrogens is 336 g/mol. The summed E-state index contributed by atoms with van der Waals surface area (Å²) in [5.74, 6) is -0.0267. The van der Waals surface area contributed by atoms with Gasteiger partial charge in [-0.3, -0.25) is 9.59 Å². The zero-order valence-electron chi connectivity index (χ0n) is 13.4. The molecule has 1 heterocycles. The number of nitrogens with zero attached hydrogens (tertiary/aromatic N) is 2. The van der Waals surface area contributed by atoms with Crippen molar-refractivity contribution in [1.29, 1.82) is 0 Å². The highest BCUT2D eigenvalue weighted by molar-refractivity contribution is 6.18. The van der Waals surface area contributed by atoms with Crippen molar-refractivity contribution in [3.8, 4) is 5.75 Å². The molecule has 1 aliphatic rings. The van der Waals surface area contributed by atoms with Crippen LogP contribution in [0.4, 0.5) is 4.79 Å². The fourth-order valence-corrected chi connectivity index (χ4v) is 2.43. The maximum Gasteiger partial charge on any atom is 0.409 e. The van der Waals surface area contributed by atoms with Crippen LogP contribution in [0.15, 0.2) is 24.3 Å². The van der Waals surface area contributed by atoms with Gasteiger partial charge in [-0.25, -0.2) is 4.79 Å². The lowest BCUT2D eigenvalue weighted by atomic mass is 10.1. The van der Waals surface area contributed by atoms with Gasteiger partial charge in [0.15, 0.2) is 0 Å². The summed E-state index contributed by atoms with van der Waals surface area (Å²) in [6, 6.07) is 6.47. The summed E-state index contributed by atoms with van der Waals surface area (Å²) in [5, 5.41) is 0. The van der Waals surface area contributed by atoms with E-state index >= 15 is 0 Å². The van der Waals surface area contributed by atoms with Gasteiger partial charge in [-0.2, -0.15) is 0 Å². The van der Waals surface area contributed by atoms with Crippen molar-refractivity contribution in [2.45, 2.75) is 6.92 Å². The fourth-order valence-electron chi connectivity index (χ4n) is 2.35. The predicted octanol–water partition coefficient (Wildman–Crippen LogP) is 1.75. The Bertz CT molecular complexity index is 614. The van der Waals surface area contributed by atoms with Crippen molar-refractivity contribution in [2.75, 3.05) is 38.7 Å². The molecular formula is C16H19ClN2O5. The van der Waals surface area contributed by atoms with Crippen LogP contribution in [0.5, 0.6) is 5.75 Å². The number of hydrogen-bond donors (Lipinski definition) is 0. The number of ether oxygens (including phenoxy) is 2. The lowest BCUT2D eigenvalue weighted by Crippen LogP contribution is -2.50. The van der Waals surface area contributed by atoms with E-state index in [0.29, 0.717) is 37.5 Å². The van der Waals surface area contributed by atoms with Crippen LogP contribution in [0, 0.1) is 0 Å². The van der Waals surface area contributed by atoms with E-state index in [1.54, 1.807) is 28.0 Å². The molecule has 0 aliphatic carbocycles. The molecule has 0 bridgehead atoms. The van der Waals surface area contributed by atoms with Crippen LogP contribution >= 0.6 is 11.6 Å². The number of rotatable bonds is 4. The minimum atomic E-state index is -0.441. The van der Waals surface area contributed by atoms with Crippen molar-refractivity contribution in [3.05, 3.63) is 29.8 Å². The Morgan fingerprint density at radius 1 is 1.12 bits per heavy atom. The molecule has 0 unspecified atom stereocenters. The lowest BCUT2D eigenvalue weighted by Gasteiger charge is -2.34. The van der Waals surface area contributed by atoms with E-state index in [-0.39, 0.29) is 18.4 Å². The number of halogens is 1. The Balaban J connectivity index is 1.93. The fraction of sp³-hybridized carbons (Fsp3) is 0.438. The quantitative estimate of drug-likeness (QED) is 0.467. The number of piperazine rings is 1. The molecule has 0 radical (unpaired) electrons. The van der Waals surface area contributed by atoms with Crippen LogP contribution in [0.25, 0.3) is 0 Å². The molecule has 2 rings (SSSR count). The smallest absolute Gasteiger partial charge is 0.409 e. The molecule has 0 atom stereocenters. The molecule has 0 spiro atoms. The second-order valence-electron chi connectivity index (χ2n) is 5.20. The number of carbonyl (C=O) groups excluding carboxylic acids is 3. The van der Waals surface area contributed by atoms with Gasteiger partial charge in [-0.15, -0.1) is 11.6 Å². The van der Waals surface area contributed by atoms with Crippen LogP contribution in [0.1, 0.15) is 17.3 Å². The van der Waals surface area contributed by atoms with Crippen LogP contribution < -0.4 is 4.74 Å². The predicted molar refractivity (Wildman–Crippen MR) is 87.3 cm³/mol. The SMILES string of the molecule is CC(=O)Oc1cccc(C(=O)N2CCN(C(=O)OCCCl)CC2)c1. The average Bonchev–Trinajstić information content (AvgIpc) is 2.59. The molecule has 1 saturated heterocycles. The zero-order valence-corrected chi connectivity index (χ0v) is 14.1. The number of esters is 1. The number of hydrogen-bond acceptors (Lipinski definition) is 5. The molecule has 1 fully saturated rings. The zero-order chi connectivity index (χ0) is 17.5. The van der Waals surface area contributed by atoms with Crippen molar-refractivity contribution in [2.24, 2.45) is 0 Å². The Labute approximate surface area is 145 Å². The first-order valence-corrected chi connectivity index (χ1v) is 8.10. The summed E-state index contributed by atoms with van der Waals surface area (Å²) in [6.45, 7) is 3.09. The number of alkyl halides is 1. The third kappa shape index (κ3) is 4.86. The highest BCUT2D eigenvalue weighted by Gasteiger charge is 2.25. The van der Waals surface area contributed by atoms with E-state index in [2.05, 4.69) is 0 Å². The lowest BCUT2D eigenvalue weighted by molar-refractivity contribution is -0.131. The number of benzene rings is 1. The van der Waals surface area contributed by atoms with Gasteiger partial charge in [0.2, 0.25) is 0 Å². The summed E-state index contributed by atoms with van der Waals surface area (Å²) in [5.41, 5.74) is 0.437. The maximum atomic E-state index is 12.5. The van der Waals surface area contributed by atoms with Crippen molar-refractivity contribution >= 4 is 29.6 Å². The summed E-state index contributed by atoms with van der Waals surface area (Å²) in [6.07, 6.45) is -0.417. The van der Waals surface area contributed by atoms with Crippen LogP contribution in [0.2, 0.25) is 0 Å². The van der Waals surface area contributed by atoms with Gasteiger partial charge in [-0.05, 0) is 18.2 Å².